The molecule has 0 bridgehead atoms. The number of hydrogen-bond acceptors (Lipinski definition) is 7. The Balaban J connectivity index is 1.29. The third kappa shape index (κ3) is 5.51. The molecule has 7 nitrogen and oxygen atoms in total. The zero-order chi connectivity index (χ0) is 23.4. The Morgan fingerprint density at radius 1 is 1.00 bits per heavy atom. The Labute approximate surface area is 193 Å². The van der Waals surface area contributed by atoms with Crippen LogP contribution in [0.5, 0.6) is 0 Å². The van der Waals surface area contributed by atoms with Gasteiger partial charge in [-0.3, -0.25) is 9.69 Å². The van der Waals surface area contributed by atoms with E-state index < -0.39 is 11.8 Å². The van der Waals surface area contributed by atoms with Crippen molar-refractivity contribution in [2.75, 3.05) is 69.3 Å². The van der Waals surface area contributed by atoms with E-state index in [0.717, 1.165) is 62.8 Å². The number of ether oxygens (including phenoxy) is 2. The van der Waals surface area contributed by atoms with Crippen LogP contribution >= 0.6 is 0 Å². The standard InChI is InChI=1S/C25H30FN3O4/c1-18(30)19-3-5-20(6-4-19)29-13-14-33-22(17-29)16-27-9-11-28(12-10-27)21-7-8-23(24(26)15-21)25(31)32-2/h3-8,15,22H,9-14,16-17H2,1-2H3/t22-/m1/s1. The van der Waals surface area contributed by atoms with Crippen LogP contribution in [-0.4, -0.2) is 82.3 Å². The second-order valence-electron chi connectivity index (χ2n) is 8.49. The molecular weight excluding hydrogens is 425 g/mol. The summed E-state index contributed by atoms with van der Waals surface area (Å²) in [7, 11) is 1.24. The highest BCUT2D eigenvalue weighted by Crippen LogP contribution is 2.22. The first-order valence-electron chi connectivity index (χ1n) is 11.3. The lowest BCUT2D eigenvalue weighted by Crippen LogP contribution is -2.52. The number of methoxy groups -OCH3 is 1. The van der Waals surface area contributed by atoms with Gasteiger partial charge in [-0.1, -0.05) is 0 Å². The van der Waals surface area contributed by atoms with E-state index in [2.05, 4.69) is 19.4 Å². The highest BCUT2D eigenvalue weighted by Gasteiger charge is 2.26. The minimum atomic E-state index is -0.666. The van der Waals surface area contributed by atoms with Gasteiger partial charge in [-0.25, -0.2) is 9.18 Å². The molecule has 0 aliphatic carbocycles. The number of anilines is 2. The normalized spacial score (nSPS) is 19.4. The predicted molar refractivity (Wildman–Crippen MR) is 125 cm³/mol. The van der Waals surface area contributed by atoms with Crippen molar-refractivity contribution < 1.29 is 23.5 Å². The van der Waals surface area contributed by atoms with E-state index >= 15 is 0 Å². The molecule has 4 rings (SSSR count). The summed E-state index contributed by atoms with van der Waals surface area (Å²) in [6.45, 7) is 7.99. The Kier molecular flexibility index (Phi) is 7.25. The van der Waals surface area contributed by atoms with Gasteiger partial charge in [0.25, 0.3) is 0 Å². The fraction of sp³-hybridized carbons (Fsp3) is 0.440. The number of Topliss-reactive ketones (excluding diaryl/α,β-unsaturated/α-hetero) is 1. The maximum Gasteiger partial charge on any atom is 0.340 e. The van der Waals surface area contributed by atoms with Crippen LogP contribution in [0.15, 0.2) is 42.5 Å². The molecule has 2 heterocycles. The lowest BCUT2D eigenvalue weighted by molar-refractivity contribution is 0.0147. The Morgan fingerprint density at radius 3 is 2.33 bits per heavy atom. The lowest BCUT2D eigenvalue weighted by atomic mass is 10.1. The minimum Gasteiger partial charge on any atom is -0.465 e. The Morgan fingerprint density at radius 2 is 1.70 bits per heavy atom. The van der Waals surface area contributed by atoms with Crippen molar-refractivity contribution in [3.05, 3.63) is 59.4 Å². The van der Waals surface area contributed by atoms with Gasteiger partial charge < -0.3 is 19.3 Å². The first-order valence-corrected chi connectivity index (χ1v) is 11.3. The second kappa shape index (κ2) is 10.3. The Bertz CT molecular complexity index is 990. The van der Waals surface area contributed by atoms with E-state index in [1.807, 2.05) is 24.3 Å². The maximum atomic E-state index is 14.3. The number of morpholine rings is 1. The predicted octanol–water partition coefficient (Wildman–Crippen LogP) is 2.84. The van der Waals surface area contributed by atoms with Crippen LogP contribution in [0.3, 0.4) is 0 Å². The number of nitrogens with zero attached hydrogens (tertiary/aromatic N) is 3. The molecule has 0 unspecified atom stereocenters. The lowest BCUT2D eigenvalue weighted by Gasteiger charge is -2.40. The quantitative estimate of drug-likeness (QED) is 0.490. The molecule has 33 heavy (non-hydrogen) atoms. The third-order valence-corrected chi connectivity index (χ3v) is 6.34. The van der Waals surface area contributed by atoms with Gasteiger partial charge in [-0.05, 0) is 49.4 Å². The van der Waals surface area contributed by atoms with E-state index in [-0.39, 0.29) is 17.5 Å². The fourth-order valence-electron chi connectivity index (χ4n) is 4.42. The highest BCUT2D eigenvalue weighted by atomic mass is 19.1. The third-order valence-electron chi connectivity index (χ3n) is 6.34. The molecule has 0 saturated carbocycles. The summed E-state index contributed by atoms with van der Waals surface area (Å²) in [6.07, 6.45) is 0.106. The number of rotatable bonds is 6. The monoisotopic (exact) mass is 455 g/mol. The van der Waals surface area contributed by atoms with Crippen LogP contribution in [0.4, 0.5) is 15.8 Å². The molecule has 2 aliphatic heterocycles. The Hall–Kier alpha value is -2.97. The summed E-state index contributed by atoms with van der Waals surface area (Å²) in [5.74, 6) is -1.16. The summed E-state index contributed by atoms with van der Waals surface area (Å²) in [5.41, 5.74) is 2.56. The van der Waals surface area contributed by atoms with Crippen LogP contribution in [0.2, 0.25) is 0 Å². The van der Waals surface area contributed by atoms with Crippen LogP contribution in [-0.2, 0) is 9.47 Å². The van der Waals surface area contributed by atoms with Gasteiger partial charge in [-0.15, -0.1) is 0 Å². The molecule has 2 aliphatic rings. The average molecular weight is 456 g/mol. The number of piperazine rings is 1. The highest BCUT2D eigenvalue weighted by molar-refractivity contribution is 5.94. The van der Waals surface area contributed by atoms with Crippen molar-refractivity contribution >= 4 is 23.1 Å². The SMILES string of the molecule is COC(=O)c1ccc(N2CCN(C[C@@H]3CN(c4ccc(C(C)=O)cc4)CCO3)CC2)cc1F. The van der Waals surface area contributed by atoms with E-state index in [1.54, 1.807) is 13.0 Å². The van der Waals surface area contributed by atoms with E-state index in [4.69, 9.17) is 4.74 Å². The molecule has 0 amide bonds. The molecule has 2 aromatic carbocycles. The molecule has 0 radical (unpaired) electrons. The largest absolute Gasteiger partial charge is 0.465 e. The molecule has 2 aromatic rings. The number of esters is 1. The molecule has 0 spiro atoms. The molecule has 0 aromatic heterocycles. The van der Waals surface area contributed by atoms with Crippen molar-refractivity contribution in [3.63, 3.8) is 0 Å². The van der Waals surface area contributed by atoms with Gasteiger partial charge in [0.2, 0.25) is 0 Å². The van der Waals surface area contributed by atoms with Crippen molar-refractivity contribution in [2.24, 2.45) is 0 Å². The van der Waals surface area contributed by atoms with Gasteiger partial charge >= 0.3 is 5.97 Å². The molecule has 176 valence electrons. The molecule has 1 atom stereocenters. The zero-order valence-electron chi connectivity index (χ0n) is 19.1. The molecular formula is C25H30FN3O4. The van der Waals surface area contributed by atoms with E-state index in [1.165, 1.54) is 19.2 Å². The van der Waals surface area contributed by atoms with Gasteiger partial charge in [0.1, 0.15) is 5.82 Å². The molecule has 2 saturated heterocycles. The summed E-state index contributed by atoms with van der Waals surface area (Å²) in [4.78, 5) is 29.9. The summed E-state index contributed by atoms with van der Waals surface area (Å²) in [5, 5.41) is 0. The van der Waals surface area contributed by atoms with Gasteiger partial charge in [0.05, 0.1) is 25.4 Å². The maximum absolute atomic E-state index is 14.3. The summed E-state index contributed by atoms with van der Waals surface area (Å²) >= 11 is 0. The minimum absolute atomic E-state index is 0.0465. The molecule has 8 heteroatoms. The number of carbonyl (C=O) groups is 2. The van der Waals surface area contributed by atoms with Crippen LogP contribution in [0.25, 0.3) is 0 Å². The van der Waals surface area contributed by atoms with E-state index in [9.17, 15) is 14.0 Å². The topological polar surface area (TPSA) is 62.3 Å². The number of carbonyl (C=O) groups excluding carboxylic acids is 2. The molecule has 0 N–H and O–H groups in total. The van der Waals surface area contributed by atoms with Gasteiger partial charge in [0, 0.05) is 62.8 Å². The number of halogens is 1. The van der Waals surface area contributed by atoms with Crippen LogP contribution in [0.1, 0.15) is 27.6 Å². The van der Waals surface area contributed by atoms with Gasteiger partial charge in [0.15, 0.2) is 5.78 Å². The van der Waals surface area contributed by atoms with E-state index in [0.29, 0.717) is 6.61 Å². The zero-order valence-corrected chi connectivity index (χ0v) is 19.1. The van der Waals surface area contributed by atoms with Crippen molar-refractivity contribution in [1.82, 2.24) is 4.90 Å². The van der Waals surface area contributed by atoms with Crippen molar-refractivity contribution in [1.29, 1.82) is 0 Å². The van der Waals surface area contributed by atoms with Crippen molar-refractivity contribution in [3.8, 4) is 0 Å². The van der Waals surface area contributed by atoms with Crippen molar-refractivity contribution in [2.45, 2.75) is 13.0 Å². The fourth-order valence-corrected chi connectivity index (χ4v) is 4.42. The number of benzene rings is 2. The number of ketones is 1. The number of hydrogen-bond donors (Lipinski definition) is 0. The second-order valence-corrected chi connectivity index (χ2v) is 8.49. The van der Waals surface area contributed by atoms with Crippen LogP contribution < -0.4 is 9.80 Å². The average Bonchev–Trinajstić information content (AvgIpc) is 2.84. The first kappa shape index (κ1) is 23.2. The summed E-state index contributed by atoms with van der Waals surface area (Å²) in [6, 6.07) is 12.4. The van der Waals surface area contributed by atoms with Gasteiger partial charge in [-0.2, -0.15) is 0 Å². The molecule has 2 fully saturated rings. The summed E-state index contributed by atoms with van der Waals surface area (Å²) < 4.78 is 24.9. The van der Waals surface area contributed by atoms with Crippen LogP contribution in [0, 0.1) is 5.82 Å². The first-order chi connectivity index (χ1) is 15.9. The smallest absolute Gasteiger partial charge is 0.340 e.